The highest BCUT2D eigenvalue weighted by Gasteiger charge is 2.18. The molecule has 1 aliphatic heterocycles. The number of fused-ring (bicyclic) bond motifs is 1. The molecule has 2 heterocycles. The maximum Gasteiger partial charge on any atom is 0.169 e. The van der Waals surface area contributed by atoms with E-state index in [9.17, 15) is 4.79 Å². The third-order valence-electron chi connectivity index (χ3n) is 3.90. The number of aromatic nitrogens is 1. The van der Waals surface area contributed by atoms with E-state index in [-0.39, 0.29) is 5.78 Å². The van der Waals surface area contributed by atoms with Crippen molar-refractivity contribution in [3.05, 3.63) is 89.7 Å². The second-order valence-corrected chi connectivity index (χ2v) is 5.80. The molecule has 0 saturated carbocycles. The molecule has 4 rings (SSSR count). The number of nitriles is 1. The summed E-state index contributed by atoms with van der Waals surface area (Å²) in [6, 6.07) is 20.3. The maximum absolute atomic E-state index is 11.6. The third-order valence-corrected chi connectivity index (χ3v) is 3.90. The second-order valence-electron chi connectivity index (χ2n) is 5.80. The molecule has 0 fully saturated rings. The lowest BCUT2D eigenvalue weighted by Gasteiger charge is -2.17. The normalized spacial score (nSPS) is 11.9. The van der Waals surface area contributed by atoms with E-state index in [1.165, 1.54) is 0 Å². The Morgan fingerprint density at radius 1 is 1.07 bits per heavy atom. The number of Topliss-reactive ketones (excluding diaryl/α,β-unsaturated/α-hetero) is 1. The standard InChI is InChI=1S/C15H13NO3.C7H5N/c17-14-5-8-18-15-9-12(1-2-13(14)15)19-10-11-3-6-16-7-4-11;8-6-7-4-2-1-3-5-7/h1-4,6-7,9H,5,8,10H2;1-5H. The van der Waals surface area contributed by atoms with Crippen LogP contribution in [0.4, 0.5) is 0 Å². The van der Waals surface area contributed by atoms with Crippen molar-refractivity contribution in [1.29, 1.82) is 5.26 Å². The van der Waals surface area contributed by atoms with Crippen LogP contribution in [0.5, 0.6) is 11.5 Å². The average molecular weight is 358 g/mol. The van der Waals surface area contributed by atoms with E-state index in [1.54, 1.807) is 42.7 Å². The summed E-state index contributed by atoms with van der Waals surface area (Å²) >= 11 is 0. The lowest BCUT2D eigenvalue weighted by atomic mass is 10.1. The van der Waals surface area contributed by atoms with Gasteiger partial charge in [0.1, 0.15) is 18.1 Å². The van der Waals surface area contributed by atoms with E-state index in [0.29, 0.717) is 42.3 Å². The zero-order valence-electron chi connectivity index (χ0n) is 14.7. The first-order chi connectivity index (χ1) is 13.3. The number of pyridine rings is 1. The summed E-state index contributed by atoms with van der Waals surface area (Å²) in [4.78, 5) is 15.6. The number of carbonyl (C=O) groups is 1. The van der Waals surface area contributed by atoms with Gasteiger partial charge in [0.05, 0.1) is 23.8 Å². The van der Waals surface area contributed by atoms with Gasteiger partial charge in [0.2, 0.25) is 0 Å². The molecule has 0 aliphatic carbocycles. The molecule has 0 bridgehead atoms. The number of rotatable bonds is 3. The van der Waals surface area contributed by atoms with Crippen LogP contribution >= 0.6 is 0 Å². The van der Waals surface area contributed by atoms with Gasteiger partial charge in [-0.25, -0.2) is 0 Å². The second kappa shape index (κ2) is 9.16. The van der Waals surface area contributed by atoms with Gasteiger partial charge in [-0.1, -0.05) is 18.2 Å². The van der Waals surface area contributed by atoms with Crippen molar-refractivity contribution in [2.75, 3.05) is 6.61 Å². The summed E-state index contributed by atoms with van der Waals surface area (Å²) in [5.74, 6) is 1.44. The molecular weight excluding hydrogens is 340 g/mol. The van der Waals surface area contributed by atoms with Crippen molar-refractivity contribution in [2.24, 2.45) is 0 Å². The zero-order valence-corrected chi connectivity index (χ0v) is 14.7. The van der Waals surface area contributed by atoms with Crippen molar-refractivity contribution in [2.45, 2.75) is 13.0 Å². The van der Waals surface area contributed by atoms with E-state index < -0.39 is 0 Å². The lowest BCUT2D eigenvalue weighted by Crippen LogP contribution is -2.15. The number of ketones is 1. The highest BCUT2D eigenvalue weighted by molar-refractivity contribution is 5.99. The van der Waals surface area contributed by atoms with Gasteiger partial charge in [-0.15, -0.1) is 0 Å². The minimum atomic E-state index is 0.127. The van der Waals surface area contributed by atoms with E-state index in [0.717, 1.165) is 5.56 Å². The summed E-state index contributed by atoms with van der Waals surface area (Å²) in [7, 11) is 0. The van der Waals surface area contributed by atoms with Gasteiger partial charge in [0, 0.05) is 24.9 Å². The topological polar surface area (TPSA) is 72.2 Å². The third kappa shape index (κ3) is 5.16. The Kier molecular flexibility index (Phi) is 6.16. The number of ether oxygens (including phenoxy) is 2. The lowest BCUT2D eigenvalue weighted by molar-refractivity contribution is 0.0933. The molecule has 5 nitrogen and oxygen atoms in total. The molecule has 0 radical (unpaired) electrons. The van der Waals surface area contributed by atoms with Gasteiger partial charge in [-0.05, 0) is 42.0 Å². The molecule has 1 aliphatic rings. The largest absolute Gasteiger partial charge is 0.492 e. The Bertz CT molecular complexity index is 935. The van der Waals surface area contributed by atoms with Crippen molar-refractivity contribution >= 4 is 5.78 Å². The SMILES string of the molecule is N#Cc1ccccc1.O=C1CCOc2cc(OCc3ccncc3)ccc21. The van der Waals surface area contributed by atoms with Gasteiger partial charge in [-0.3, -0.25) is 9.78 Å². The predicted octanol–water partition coefficient (Wildman–Crippen LogP) is 4.18. The summed E-state index contributed by atoms with van der Waals surface area (Å²) in [6.45, 7) is 0.912. The van der Waals surface area contributed by atoms with E-state index in [1.807, 2.05) is 36.4 Å². The molecule has 0 unspecified atom stereocenters. The predicted molar refractivity (Wildman–Crippen MR) is 101 cm³/mol. The van der Waals surface area contributed by atoms with E-state index in [4.69, 9.17) is 14.7 Å². The van der Waals surface area contributed by atoms with Gasteiger partial charge in [-0.2, -0.15) is 5.26 Å². The first-order valence-corrected chi connectivity index (χ1v) is 8.53. The molecule has 2 aromatic carbocycles. The van der Waals surface area contributed by atoms with Crippen LogP contribution in [0.3, 0.4) is 0 Å². The fourth-order valence-corrected chi connectivity index (χ4v) is 2.49. The molecule has 0 N–H and O–H groups in total. The monoisotopic (exact) mass is 358 g/mol. The first kappa shape index (κ1) is 18.2. The minimum Gasteiger partial charge on any atom is -0.492 e. The molecule has 5 heteroatoms. The van der Waals surface area contributed by atoms with Crippen LogP contribution in [-0.2, 0) is 6.61 Å². The van der Waals surface area contributed by atoms with Crippen LogP contribution in [0.15, 0.2) is 73.1 Å². The Morgan fingerprint density at radius 3 is 2.56 bits per heavy atom. The van der Waals surface area contributed by atoms with Crippen molar-refractivity contribution in [3.8, 4) is 17.6 Å². The van der Waals surface area contributed by atoms with Crippen LogP contribution in [0, 0.1) is 11.3 Å². The summed E-state index contributed by atoms with van der Waals surface area (Å²) in [5, 5.41) is 8.29. The molecule has 134 valence electrons. The maximum atomic E-state index is 11.6. The number of hydrogen-bond donors (Lipinski definition) is 0. The quantitative estimate of drug-likeness (QED) is 0.702. The Hall–Kier alpha value is -3.65. The van der Waals surface area contributed by atoms with Crippen LogP contribution in [-0.4, -0.2) is 17.4 Å². The summed E-state index contributed by atoms with van der Waals surface area (Å²) in [6.07, 6.45) is 3.91. The Labute approximate surface area is 157 Å². The zero-order chi connectivity index (χ0) is 18.9. The minimum absolute atomic E-state index is 0.127. The van der Waals surface area contributed by atoms with Crippen LogP contribution in [0.25, 0.3) is 0 Å². The fourth-order valence-electron chi connectivity index (χ4n) is 2.49. The average Bonchev–Trinajstić information content (AvgIpc) is 2.74. The highest BCUT2D eigenvalue weighted by Crippen LogP contribution is 2.29. The molecule has 0 amide bonds. The smallest absolute Gasteiger partial charge is 0.169 e. The van der Waals surface area contributed by atoms with Gasteiger partial charge < -0.3 is 9.47 Å². The van der Waals surface area contributed by atoms with Gasteiger partial charge in [0.25, 0.3) is 0 Å². The summed E-state index contributed by atoms with van der Waals surface area (Å²) in [5.41, 5.74) is 2.40. The van der Waals surface area contributed by atoms with Crippen LogP contribution < -0.4 is 9.47 Å². The van der Waals surface area contributed by atoms with Gasteiger partial charge >= 0.3 is 0 Å². The van der Waals surface area contributed by atoms with Crippen molar-refractivity contribution < 1.29 is 14.3 Å². The number of nitrogens with zero attached hydrogens (tertiary/aromatic N) is 2. The van der Waals surface area contributed by atoms with Crippen LogP contribution in [0.2, 0.25) is 0 Å². The Morgan fingerprint density at radius 2 is 1.85 bits per heavy atom. The molecular formula is C22H18N2O3. The first-order valence-electron chi connectivity index (χ1n) is 8.53. The van der Waals surface area contributed by atoms with Gasteiger partial charge in [0.15, 0.2) is 5.78 Å². The number of hydrogen-bond acceptors (Lipinski definition) is 5. The van der Waals surface area contributed by atoms with E-state index >= 15 is 0 Å². The molecule has 27 heavy (non-hydrogen) atoms. The van der Waals surface area contributed by atoms with Crippen LogP contribution in [0.1, 0.15) is 27.9 Å². The molecule has 0 atom stereocenters. The van der Waals surface area contributed by atoms with Crippen molar-refractivity contribution in [3.63, 3.8) is 0 Å². The van der Waals surface area contributed by atoms with Crippen molar-refractivity contribution in [1.82, 2.24) is 4.98 Å². The number of carbonyl (C=O) groups excluding carboxylic acids is 1. The van der Waals surface area contributed by atoms with E-state index in [2.05, 4.69) is 4.98 Å². The Balaban J connectivity index is 0.000000221. The molecule has 0 saturated heterocycles. The molecule has 0 spiro atoms. The summed E-state index contributed by atoms with van der Waals surface area (Å²) < 4.78 is 11.2. The molecule has 1 aromatic heterocycles. The number of benzene rings is 2. The fraction of sp³-hybridized carbons (Fsp3) is 0.136. The highest BCUT2D eigenvalue weighted by atomic mass is 16.5. The molecule has 3 aromatic rings.